The van der Waals surface area contributed by atoms with E-state index in [1.54, 1.807) is 0 Å². The second kappa shape index (κ2) is 6.72. The van der Waals surface area contributed by atoms with Crippen LogP contribution in [0.5, 0.6) is 0 Å². The van der Waals surface area contributed by atoms with Crippen LogP contribution in [0.15, 0.2) is 36.9 Å². The summed E-state index contributed by atoms with van der Waals surface area (Å²) in [6.45, 7) is 7.39. The van der Waals surface area contributed by atoms with E-state index < -0.39 is 0 Å². The van der Waals surface area contributed by atoms with Gasteiger partial charge in [0.15, 0.2) is 0 Å². The molecule has 2 unspecified atom stereocenters. The molecule has 1 aliphatic rings. The normalized spacial score (nSPS) is 23.8. The fourth-order valence-electron chi connectivity index (χ4n) is 2.34. The average molecular weight is 246 g/mol. The van der Waals surface area contributed by atoms with E-state index in [0.29, 0.717) is 6.10 Å². The summed E-state index contributed by atoms with van der Waals surface area (Å²) >= 11 is 0. The van der Waals surface area contributed by atoms with Gasteiger partial charge >= 0.3 is 0 Å². The van der Waals surface area contributed by atoms with Gasteiger partial charge in [0.25, 0.3) is 0 Å². The standard InChI is InChI=1S/C16H22O2/c1-3-4-9-17-15-8-10-18-16(12-15)14-7-5-6-13(2)11-14/h3,5-7,11,15-16H,1,4,8-10,12H2,2H3. The highest BCUT2D eigenvalue weighted by Gasteiger charge is 2.24. The Bertz CT molecular complexity index is 386. The molecule has 1 aliphatic heterocycles. The Balaban J connectivity index is 1.91. The van der Waals surface area contributed by atoms with Gasteiger partial charge in [0, 0.05) is 13.0 Å². The molecular formula is C16H22O2. The van der Waals surface area contributed by atoms with Crippen LogP contribution in [0.2, 0.25) is 0 Å². The molecule has 0 radical (unpaired) electrons. The van der Waals surface area contributed by atoms with Gasteiger partial charge in [-0.2, -0.15) is 0 Å². The summed E-state index contributed by atoms with van der Waals surface area (Å²) < 4.78 is 11.7. The average Bonchev–Trinajstić information content (AvgIpc) is 2.39. The molecule has 1 aromatic rings. The van der Waals surface area contributed by atoms with Crippen LogP contribution in [0, 0.1) is 6.92 Å². The van der Waals surface area contributed by atoms with Crippen LogP contribution in [0.4, 0.5) is 0 Å². The van der Waals surface area contributed by atoms with Gasteiger partial charge in [0.2, 0.25) is 0 Å². The zero-order chi connectivity index (χ0) is 12.8. The topological polar surface area (TPSA) is 18.5 Å². The van der Waals surface area contributed by atoms with E-state index in [9.17, 15) is 0 Å². The lowest BCUT2D eigenvalue weighted by Crippen LogP contribution is -2.26. The van der Waals surface area contributed by atoms with E-state index in [-0.39, 0.29) is 6.10 Å². The molecule has 0 aliphatic carbocycles. The maximum atomic E-state index is 5.86. The highest BCUT2D eigenvalue weighted by atomic mass is 16.5. The molecule has 1 saturated heterocycles. The van der Waals surface area contributed by atoms with Crippen LogP contribution < -0.4 is 0 Å². The van der Waals surface area contributed by atoms with E-state index in [4.69, 9.17) is 9.47 Å². The first kappa shape index (κ1) is 13.3. The first-order valence-corrected chi connectivity index (χ1v) is 6.70. The minimum Gasteiger partial charge on any atom is -0.378 e. The second-order valence-corrected chi connectivity index (χ2v) is 4.87. The van der Waals surface area contributed by atoms with Crippen molar-refractivity contribution in [1.82, 2.24) is 0 Å². The molecule has 18 heavy (non-hydrogen) atoms. The van der Waals surface area contributed by atoms with Crippen molar-refractivity contribution >= 4 is 0 Å². The van der Waals surface area contributed by atoms with Crippen LogP contribution in [0.25, 0.3) is 0 Å². The fourth-order valence-corrected chi connectivity index (χ4v) is 2.34. The predicted molar refractivity (Wildman–Crippen MR) is 73.7 cm³/mol. The summed E-state index contributed by atoms with van der Waals surface area (Å²) in [6, 6.07) is 8.56. The van der Waals surface area contributed by atoms with Gasteiger partial charge in [-0.25, -0.2) is 0 Å². The Hall–Kier alpha value is -1.12. The number of benzene rings is 1. The minimum atomic E-state index is 0.187. The number of hydrogen-bond donors (Lipinski definition) is 0. The maximum absolute atomic E-state index is 5.86. The van der Waals surface area contributed by atoms with Crippen molar-refractivity contribution < 1.29 is 9.47 Å². The highest BCUT2D eigenvalue weighted by molar-refractivity contribution is 5.24. The third-order valence-electron chi connectivity index (χ3n) is 3.33. The molecule has 0 N–H and O–H groups in total. The van der Waals surface area contributed by atoms with Gasteiger partial charge in [-0.1, -0.05) is 35.9 Å². The first-order valence-electron chi connectivity index (χ1n) is 6.70. The van der Waals surface area contributed by atoms with Crippen molar-refractivity contribution in [3.05, 3.63) is 48.0 Å². The smallest absolute Gasteiger partial charge is 0.0849 e. The molecule has 2 nitrogen and oxygen atoms in total. The van der Waals surface area contributed by atoms with Crippen molar-refractivity contribution in [2.24, 2.45) is 0 Å². The summed E-state index contributed by atoms with van der Waals surface area (Å²) in [7, 11) is 0. The van der Waals surface area contributed by atoms with Crippen molar-refractivity contribution in [2.75, 3.05) is 13.2 Å². The largest absolute Gasteiger partial charge is 0.378 e. The molecule has 0 saturated carbocycles. The van der Waals surface area contributed by atoms with E-state index in [0.717, 1.165) is 32.5 Å². The van der Waals surface area contributed by atoms with Gasteiger partial charge in [0.1, 0.15) is 0 Å². The number of ether oxygens (including phenoxy) is 2. The van der Waals surface area contributed by atoms with Crippen LogP contribution >= 0.6 is 0 Å². The number of aryl methyl sites for hydroxylation is 1. The predicted octanol–water partition coefficient (Wildman–Crippen LogP) is 3.81. The monoisotopic (exact) mass is 246 g/mol. The van der Waals surface area contributed by atoms with E-state index >= 15 is 0 Å². The Morgan fingerprint density at radius 3 is 3.17 bits per heavy atom. The van der Waals surface area contributed by atoms with Gasteiger partial charge in [-0.15, -0.1) is 6.58 Å². The minimum absolute atomic E-state index is 0.187. The molecule has 1 fully saturated rings. The van der Waals surface area contributed by atoms with E-state index in [1.165, 1.54) is 11.1 Å². The summed E-state index contributed by atoms with van der Waals surface area (Å²) in [4.78, 5) is 0. The fraction of sp³-hybridized carbons (Fsp3) is 0.500. The first-order chi connectivity index (χ1) is 8.79. The van der Waals surface area contributed by atoms with Crippen LogP contribution in [-0.4, -0.2) is 19.3 Å². The molecule has 0 bridgehead atoms. The quantitative estimate of drug-likeness (QED) is 0.581. The number of rotatable bonds is 5. The maximum Gasteiger partial charge on any atom is 0.0849 e. The highest BCUT2D eigenvalue weighted by Crippen LogP contribution is 2.29. The van der Waals surface area contributed by atoms with Crippen LogP contribution in [0.1, 0.15) is 36.5 Å². The molecule has 98 valence electrons. The summed E-state index contributed by atoms with van der Waals surface area (Å²) in [5.41, 5.74) is 2.55. The third-order valence-corrected chi connectivity index (χ3v) is 3.33. The Morgan fingerprint density at radius 2 is 2.39 bits per heavy atom. The Kier molecular flexibility index (Phi) is 4.97. The summed E-state index contributed by atoms with van der Waals surface area (Å²) in [5.74, 6) is 0. The van der Waals surface area contributed by atoms with Gasteiger partial charge in [0.05, 0.1) is 18.8 Å². The zero-order valence-electron chi connectivity index (χ0n) is 11.1. The third kappa shape index (κ3) is 3.69. The van der Waals surface area contributed by atoms with E-state index in [1.807, 2.05) is 6.08 Å². The second-order valence-electron chi connectivity index (χ2n) is 4.87. The molecule has 0 aromatic heterocycles. The van der Waals surface area contributed by atoms with Crippen molar-refractivity contribution in [3.8, 4) is 0 Å². The molecule has 2 heteroatoms. The molecular weight excluding hydrogens is 224 g/mol. The molecule has 1 aromatic carbocycles. The zero-order valence-corrected chi connectivity index (χ0v) is 11.1. The Morgan fingerprint density at radius 1 is 1.50 bits per heavy atom. The molecule has 2 rings (SSSR count). The van der Waals surface area contributed by atoms with Crippen LogP contribution in [0.3, 0.4) is 0 Å². The summed E-state index contributed by atoms with van der Waals surface area (Å²) in [6.07, 6.45) is 5.29. The Labute approximate surface area is 110 Å². The molecule has 2 atom stereocenters. The van der Waals surface area contributed by atoms with Crippen molar-refractivity contribution in [1.29, 1.82) is 0 Å². The molecule has 1 heterocycles. The van der Waals surface area contributed by atoms with Gasteiger partial charge < -0.3 is 9.47 Å². The van der Waals surface area contributed by atoms with E-state index in [2.05, 4.69) is 37.8 Å². The van der Waals surface area contributed by atoms with Crippen molar-refractivity contribution in [2.45, 2.75) is 38.4 Å². The lowest BCUT2D eigenvalue weighted by Gasteiger charge is -2.30. The van der Waals surface area contributed by atoms with Gasteiger partial charge in [-0.05, 0) is 25.3 Å². The lowest BCUT2D eigenvalue weighted by molar-refractivity contribution is -0.0730. The SMILES string of the molecule is C=CCCOC1CCOC(c2cccc(C)c2)C1. The summed E-state index contributed by atoms with van der Waals surface area (Å²) in [5, 5.41) is 0. The van der Waals surface area contributed by atoms with Crippen LogP contribution in [-0.2, 0) is 9.47 Å². The van der Waals surface area contributed by atoms with Gasteiger partial charge in [-0.3, -0.25) is 0 Å². The number of hydrogen-bond acceptors (Lipinski definition) is 2. The van der Waals surface area contributed by atoms with Crippen molar-refractivity contribution in [3.63, 3.8) is 0 Å². The lowest BCUT2D eigenvalue weighted by atomic mass is 9.98. The molecule has 0 amide bonds. The molecule has 0 spiro atoms.